The van der Waals surface area contributed by atoms with Crippen LogP contribution in [0.5, 0.6) is 0 Å². The number of aromatic nitrogens is 2. The van der Waals surface area contributed by atoms with Crippen LogP contribution in [0.4, 0.5) is 0 Å². The number of ether oxygens (including phenoxy) is 1. The van der Waals surface area contributed by atoms with Crippen LogP contribution in [-0.4, -0.2) is 23.2 Å². The van der Waals surface area contributed by atoms with Crippen LogP contribution in [0.1, 0.15) is 30.1 Å². The van der Waals surface area contributed by atoms with Gasteiger partial charge in [0.15, 0.2) is 0 Å². The first-order chi connectivity index (χ1) is 7.84. The molecule has 0 spiro atoms. The summed E-state index contributed by atoms with van der Waals surface area (Å²) in [5.41, 5.74) is 3.51. The topological polar surface area (TPSA) is 37.9 Å². The van der Waals surface area contributed by atoms with Crippen molar-refractivity contribution < 1.29 is 4.74 Å². The number of nitrogens with zero attached hydrogens (tertiary/aromatic N) is 1. The number of fused-ring (bicyclic) bond motifs is 1. The first-order valence-electron chi connectivity index (χ1n) is 5.87. The lowest BCUT2D eigenvalue weighted by Crippen LogP contribution is -2.15. The van der Waals surface area contributed by atoms with Crippen molar-refractivity contribution in [1.29, 1.82) is 0 Å². The molecule has 0 aliphatic carbocycles. The molecule has 3 nitrogen and oxygen atoms in total. The molecule has 0 amide bonds. The maximum Gasteiger partial charge on any atom is 0.110 e. The lowest BCUT2D eigenvalue weighted by Gasteiger charge is -2.19. The molecule has 16 heavy (non-hydrogen) atoms. The van der Waals surface area contributed by atoms with Gasteiger partial charge in [0.1, 0.15) is 5.82 Å². The average molecular weight is 216 g/mol. The van der Waals surface area contributed by atoms with Gasteiger partial charge in [-0.15, -0.1) is 0 Å². The standard InChI is InChI=1S/C13H16N2O/c1-9-3-2-4-11-12(9)15-13(14-11)10-5-7-16-8-6-10/h2-4,10H,5-8H2,1H3,(H,14,15). The van der Waals surface area contributed by atoms with E-state index < -0.39 is 0 Å². The minimum absolute atomic E-state index is 0.542. The van der Waals surface area contributed by atoms with E-state index in [4.69, 9.17) is 9.72 Å². The quantitative estimate of drug-likeness (QED) is 0.796. The highest BCUT2D eigenvalue weighted by Crippen LogP contribution is 2.27. The van der Waals surface area contributed by atoms with Gasteiger partial charge in [0, 0.05) is 19.1 Å². The maximum absolute atomic E-state index is 5.38. The van der Waals surface area contributed by atoms with E-state index in [1.165, 1.54) is 5.56 Å². The molecule has 1 aliphatic heterocycles. The molecule has 1 aliphatic rings. The van der Waals surface area contributed by atoms with Crippen LogP contribution in [0, 0.1) is 6.92 Å². The Labute approximate surface area is 94.8 Å². The molecule has 0 saturated carbocycles. The molecule has 1 aromatic carbocycles. The number of benzene rings is 1. The fourth-order valence-electron chi connectivity index (χ4n) is 2.36. The van der Waals surface area contributed by atoms with Gasteiger partial charge in [0.25, 0.3) is 0 Å². The molecule has 3 rings (SSSR count). The van der Waals surface area contributed by atoms with Gasteiger partial charge in [-0.25, -0.2) is 4.98 Å². The summed E-state index contributed by atoms with van der Waals surface area (Å²) >= 11 is 0. The molecule has 1 aromatic heterocycles. The number of hydrogen-bond donors (Lipinski definition) is 1. The monoisotopic (exact) mass is 216 g/mol. The first kappa shape index (κ1) is 9.85. The van der Waals surface area contributed by atoms with Crippen molar-refractivity contribution in [3.63, 3.8) is 0 Å². The predicted octanol–water partition coefficient (Wildman–Crippen LogP) is 2.77. The Morgan fingerprint density at radius 3 is 2.88 bits per heavy atom. The van der Waals surface area contributed by atoms with Crippen molar-refractivity contribution in [1.82, 2.24) is 9.97 Å². The van der Waals surface area contributed by atoms with E-state index >= 15 is 0 Å². The molecule has 1 fully saturated rings. The Morgan fingerprint density at radius 2 is 2.12 bits per heavy atom. The first-order valence-corrected chi connectivity index (χ1v) is 5.87. The summed E-state index contributed by atoms with van der Waals surface area (Å²) in [6.07, 6.45) is 2.16. The summed E-state index contributed by atoms with van der Waals surface area (Å²) in [5, 5.41) is 0. The summed E-state index contributed by atoms with van der Waals surface area (Å²) in [5.74, 6) is 1.67. The molecular formula is C13H16N2O. The van der Waals surface area contributed by atoms with Crippen LogP contribution in [-0.2, 0) is 4.74 Å². The van der Waals surface area contributed by atoms with Crippen LogP contribution in [0.25, 0.3) is 11.0 Å². The zero-order valence-electron chi connectivity index (χ0n) is 9.49. The maximum atomic E-state index is 5.38. The van der Waals surface area contributed by atoms with Gasteiger partial charge in [0.05, 0.1) is 11.0 Å². The van der Waals surface area contributed by atoms with E-state index in [1.54, 1.807) is 0 Å². The zero-order valence-corrected chi connectivity index (χ0v) is 9.49. The summed E-state index contributed by atoms with van der Waals surface area (Å²) < 4.78 is 5.38. The third kappa shape index (κ3) is 1.61. The van der Waals surface area contributed by atoms with Crippen LogP contribution in [0.3, 0.4) is 0 Å². The number of rotatable bonds is 1. The minimum atomic E-state index is 0.542. The average Bonchev–Trinajstić information content (AvgIpc) is 2.76. The summed E-state index contributed by atoms with van der Waals surface area (Å²) in [6.45, 7) is 3.83. The largest absolute Gasteiger partial charge is 0.381 e. The molecule has 1 N–H and O–H groups in total. The number of hydrogen-bond acceptors (Lipinski definition) is 2. The molecule has 0 radical (unpaired) electrons. The van der Waals surface area contributed by atoms with Gasteiger partial charge in [-0.3, -0.25) is 0 Å². The van der Waals surface area contributed by atoms with Gasteiger partial charge >= 0.3 is 0 Å². The minimum Gasteiger partial charge on any atom is -0.381 e. The van der Waals surface area contributed by atoms with Crippen molar-refractivity contribution in [2.75, 3.05) is 13.2 Å². The summed E-state index contributed by atoms with van der Waals surface area (Å²) in [6, 6.07) is 6.28. The van der Waals surface area contributed by atoms with Crippen molar-refractivity contribution >= 4 is 11.0 Å². The Hall–Kier alpha value is -1.35. The molecule has 84 valence electrons. The third-order valence-corrected chi connectivity index (χ3v) is 3.34. The molecular weight excluding hydrogens is 200 g/mol. The number of nitrogens with one attached hydrogen (secondary N) is 1. The lowest BCUT2D eigenvalue weighted by atomic mass is 10.00. The molecule has 3 heteroatoms. The van der Waals surface area contributed by atoms with Gasteiger partial charge in [-0.2, -0.15) is 0 Å². The van der Waals surface area contributed by atoms with Crippen molar-refractivity contribution in [2.45, 2.75) is 25.7 Å². The number of imidazole rings is 1. The third-order valence-electron chi connectivity index (χ3n) is 3.34. The highest BCUT2D eigenvalue weighted by atomic mass is 16.5. The molecule has 2 aromatic rings. The zero-order chi connectivity index (χ0) is 11.0. The number of para-hydroxylation sites is 1. The Balaban J connectivity index is 2.01. The molecule has 0 unspecified atom stereocenters. The van der Waals surface area contributed by atoms with E-state index in [1.807, 2.05) is 0 Å². The highest BCUT2D eigenvalue weighted by Gasteiger charge is 2.19. The van der Waals surface area contributed by atoms with E-state index in [2.05, 4.69) is 30.1 Å². The fraction of sp³-hybridized carbons (Fsp3) is 0.462. The summed E-state index contributed by atoms with van der Waals surface area (Å²) in [7, 11) is 0. The normalized spacial score (nSPS) is 18.1. The number of H-pyrrole nitrogens is 1. The van der Waals surface area contributed by atoms with Crippen molar-refractivity contribution in [3.05, 3.63) is 29.6 Å². The molecule has 1 saturated heterocycles. The van der Waals surface area contributed by atoms with Crippen molar-refractivity contribution in [2.24, 2.45) is 0 Å². The van der Waals surface area contributed by atoms with Gasteiger partial charge < -0.3 is 9.72 Å². The summed E-state index contributed by atoms with van der Waals surface area (Å²) in [4.78, 5) is 8.16. The number of aromatic amines is 1. The molecule has 0 atom stereocenters. The van der Waals surface area contributed by atoms with Crippen LogP contribution in [0.15, 0.2) is 18.2 Å². The second-order valence-electron chi connectivity index (χ2n) is 4.48. The van der Waals surface area contributed by atoms with Crippen LogP contribution < -0.4 is 0 Å². The second-order valence-corrected chi connectivity index (χ2v) is 4.48. The van der Waals surface area contributed by atoms with E-state index in [-0.39, 0.29) is 0 Å². The van der Waals surface area contributed by atoms with E-state index in [9.17, 15) is 0 Å². The van der Waals surface area contributed by atoms with Crippen molar-refractivity contribution in [3.8, 4) is 0 Å². The van der Waals surface area contributed by atoms with E-state index in [0.29, 0.717) is 5.92 Å². The fourth-order valence-corrected chi connectivity index (χ4v) is 2.36. The smallest absolute Gasteiger partial charge is 0.110 e. The van der Waals surface area contributed by atoms with E-state index in [0.717, 1.165) is 42.9 Å². The Kier molecular flexibility index (Phi) is 2.40. The second kappa shape index (κ2) is 3.91. The molecule has 0 bridgehead atoms. The number of aryl methyl sites for hydroxylation is 1. The molecule has 2 heterocycles. The van der Waals surface area contributed by atoms with Gasteiger partial charge in [-0.1, -0.05) is 12.1 Å². The van der Waals surface area contributed by atoms with Crippen LogP contribution >= 0.6 is 0 Å². The predicted molar refractivity (Wildman–Crippen MR) is 63.6 cm³/mol. The van der Waals surface area contributed by atoms with Gasteiger partial charge in [0.2, 0.25) is 0 Å². The Bertz CT molecular complexity index is 498. The SMILES string of the molecule is Cc1cccc2[nH]c(C3CCOCC3)nc12. The Morgan fingerprint density at radius 1 is 1.31 bits per heavy atom. The van der Waals surface area contributed by atoms with Gasteiger partial charge in [-0.05, 0) is 31.4 Å². The lowest BCUT2D eigenvalue weighted by molar-refractivity contribution is 0.0838. The highest BCUT2D eigenvalue weighted by molar-refractivity contribution is 5.78. The van der Waals surface area contributed by atoms with Crippen LogP contribution in [0.2, 0.25) is 0 Å².